The van der Waals surface area contributed by atoms with Gasteiger partial charge in [-0.25, -0.2) is 4.59 Å². The SMILES string of the molecule is N[N+]12CCC34c5ccccc5N5C(=O)CC6OCC=C(C1)C(CC32)C6C54.[Cl-]. The van der Waals surface area contributed by atoms with Gasteiger partial charge in [-0.15, -0.1) is 0 Å². The first-order valence-electron chi connectivity index (χ1n) is 10.0. The molecule has 7 atom stereocenters. The van der Waals surface area contributed by atoms with Gasteiger partial charge >= 0.3 is 0 Å². The first-order chi connectivity index (χ1) is 12.6. The lowest BCUT2D eigenvalue weighted by Crippen LogP contribution is -3.00. The number of para-hydroxylation sites is 1. The van der Waals surface area contributed by atoms with Crippen LogP contribution in [0.4, 0.5) is 5.69 Å². The Morgan fingerprint density at radius 3 is 3.04 bits per heavy atom. The minimum absolute atomic E-state index is 0. The second-order valence-corrected chi connectivity index (χ2v) is 9.29. The molecule has 142 valence electrons. The van der Waals surface area contributed by atoms with Crippen LogP contribution in [0.25, 0.3) is 0 Å². The molecule has 0 aromatic heterocycles. The molecule has 1 aliphatic carbocycles. The van der Waals surface area contributed by atoms with E-state index in [4.69, 9.17) is 10.6 Å². The maximum absolute atomic E-state index is 13.2. The van der Waals surface area contributed by atoms with Gasteiger partial charge in [-0.2, -0.15) is 5.84 Å². The van der Waals surface area contributed by atoms with Gasteiger partial charge in [-0.1, -0.05) is 24.3 Å². The standard InChI is InChI=1S/C21H24N3O2.ClH/c22-24-7-6-21-14-3-1-2-4-15(14)23-18(25)10-16-19(20(21)23)13(9-17(21)24)12(11-24)5-8-26-16;/h1-5,13,16-17,19-20H,6-11,22H2;1H/q+1;/p-1. The number of anilines is 1. The number of rotatable bonds is 0. The number of piperidine rings is 2. The van der Waals surface area contributed by atoms with Crippen molar-refractivity contribution in [2.45, 2.75) is 42.9 Å². The minimum Gasteiger partial charge on any atom is -1.00 e. The van der Waals surface area contributed by atoms with Crippen molar-refractivity contribution in [3.8, 4) is 0 Å². The largest absolute Gasteiger partial charge is 1.00 e. The van der Waals surface area contributed by atoms with Gasteiger partial charge in [0.1, 0.15) is 12.6 Å². The molecule has 5 heterocycles. The zero-order valence-corrected chi connectivity index (χ0v) is 15.9. The smallest absolute Gasteiger partial charge is 0.229 e. The van der Waals surface area contributed by atoms with Crippen LogP contribution < -0.4 is 23.1 Å². The molecule has 27 heavy (non-hydrogen) atoms. The van der Waals surface area contributed by atoms with Crippen molar-refractivity contribution in [2.75, 3.05) is 24.6 Å². The fourth-order valence-corrected chi connectivity index (χ4v) is 7.87. The van der Waals surface area contributed by atoms with E-state index in [1.54, 1.807) is 0 Å². The first-order valence-corrected chi connectivity index (χ1v) is 10.0. The summed E-state index contributed by atoms with van der Waals surface area (Å²) in [6.07, 6.45) is 5.11. The van der Waals surface area contributed by atoms with Crippen molar-refractivity contribution in [3.05, 3.63) is 41.5 Å². The van der Waals surface area contributed by atoms with E-state index in [1.807, 2.05) is 0 Å². The predicted molar refractivity (Wildman–Crippen MR) is 96.0 cm³/mol. The zero-order chi connectivity index (χ0) is 17.3. The van der Waals surface area contributed by atoms with Gasteiger partial charge in [-0.3, -0.25) is 4.79 Å². The van der Waals surface area contributed by atoms with E-state index in [9.17, 15) is 4.79 Å². The van der Waals surface area contributed by atoms with Gasteiger partial charge in [0.2, 0.25) is 5.91 Å². The highest BCUT2D eigenvalue weighted by molar-refractivity contribution is 5.99. The molecule has 1 saturated carbocycles. The number of halogens is 1. The van der Waals surface area contributed by atoms with E-state index < -0.39 is 0 Å². The van der Waals surface area contributed by atoms with Gasteiger partial charge in [0.15, 0.2) is 0 Å². The van der Waals surface area contributed by atoms with E-state index in [2.05, 4.69) is 35.2 Å². The predicted octanol–water partition coefficient (Wildman–Crippen LogP) is -1.51. The van der Waals surface area contributed by atoms with Crippen LogP contribution in [-0.4, -0.2) is 48.4 Å². The van der Waals surface area contributed by atoms with Crippen molar-refractivity contribution >= 4 is 11.6 Å². The lowest BCUT2D eigenvalue weighted by Gasteiger charge is -2.58. The van der Waals surface area contributed by atoms with Crippen LogP contribution in [0, 0.1) is 11.8 Å². The Labute approximate surface area is 165 Å². The van der Waals surface area contributed by atoms with E-state index in [1.165, 1.54) is 11.1 Å². The molecule has 5 aliphatic heterocycles. The zero-order valence-electron chi connectivity index (χ0n) is 15.2. The number of hydrogen-bond donors (Lipinski definition) is 1. The summed E-state index contributed by atoms with van der Waals surface area (Å²) in [6.45, 7) is 2.62. The summed E-state index contributed by atoms with van der Waals surface area (Å²) in [6, 6.07) is 9.28. The summed E-state index contributed by atoms with van der Waals surface area (Å²) in [5, 5.41) is 0. The average Bonchev–Trinajstić information content (AvgIpc) is 3.05. The summed E-state index contributed by atoms with van der Waals surface area (Å²) < 4.78 is 6.91. The number of ether oxygens (including phenoxy) is 1. The molecule has 6 aliphatic rings. The minimum atomic E-state index is 0. The topological polar surface area (TPSA) is 55.6 Å². The number of hydrogen-bond acceptors (Lipinski definition) is 3. The monoisotopic (exact) mass is 385 g/mol. The number of benzene rings is 1. The van der Waals surface area contributed by atoms with Crippen LogP contribution in [-0.2, 0) is 14.9 Å². The van der Waals surface area contributed by atoms with Gasteiger partial charge in [-0.05, 0) is 23.1 Å². The molecule has 1 amide bonds. The Morgan fingerprint density at radius 1 is 1.30 bits per heavy atom. The lowest BCUT2D eigenvalue weighted by atomic mass is 9.53. The Kier molecular flexibility index (Phi) is 3.03. The summed E-state index contributed by atoms with van der Waals surface area (Å²) >= 11 is 0. The molecule has 7 unspecified atom stereocenters. The molecule has 0 radical (unpaired) electrons. The molecule has 2 N–H and O–H groups in total. The third-order valence-electron chi connectivity index (χ3n) is 8.62. The van der Waals surface area contributed by atoms with Crippen molar-refractivity contribution in [2.24, 2.45) is 17.7 Å². The van der Waals surface area contributed by atoms with Crippen LogP contribution in [0.5, 0.6) is 0 Å². The molecule has 6 heteroatoms. The van der Waals surface area contributed by atoms with E-state index in [0.717, 1.165) is 31.6 Å². The van der Waals surface area contributed by atoms with Gasteiger partial charge < -0.3 is 22.0 Å². The first kappa shape index (κ1) is 16.5. The van der Waals surface area contributed by atoms with Crippen LogP contribution in [0.3, 0.4) is 0 Å². The molecule has 3 saturated heterocycles. The number of quaternary nitrogens is 1. The third-order valence-corrected chi connectivity index (χ3v) is 8.62. The Balaban J connectivity index is 0.00000146. The molecule has 7 rings (SSSR count). The maximum Gasteiger partial charge on any atom is 0.229 e. The van der Waals surface area contributed by atoms with Crippen LogP contribution in [0.1, 0.15) is 24.8 Å². The molecule has 2 bridgehead atoms. The Hall–Kier alpha value is -1.40. The molecular formula is C21H24ClN3O2. The molecule has 1 spiro atoms. The van der Waals surface area contributed by atoms with E-state index in [0.29, 0.717) is 35.5 Å². The van der Waals surface area contributed by atoms with Gasteiger partial charge in [0.25, 0.3) is 0 Å². The average molecular weight is 386 g/mol. The van der Waals surface area contributed by atoms with Crippen molar-refractivity contribution < 1.29 is 26.5 Å². The maximum atomic E-state index is 13.2. The number of carbonyl (C=O) groups is 1. The van der Waals surface area contributed by atoms with Crippen LogP contribution >= 0.6 is 0 Å². The third kappa shape index (κ3) is 1.64. The molecular weight excluding hydrogens is 362 g/mol. The van der Waals surface area contributed by atoms with E-state index in [-0.39, 0.29) is 35.9 Å². The Bertz CT molecular complexity index is 903. The second kappa shape index (κ2) is 4.95. The summed E-state index contributed by atoms with van der Waals surface area (Å²) in [5.74, 6) is 8.22. The summed E-state index contributed by atoms with van der Waals surface area (Å²) in [4.78, 5) is 15.4. The van der Waals surface area contributed by atoms with Crippen LogP contribution in [0.2, 0.25) is 0 Å². The normalized spacial score (nSPS) is 47.7. The quantitative estimate of drug-likeness (QED) is 0.335. The Morgan fingerprint density at radius 2 is 2.15 bits per heavy atom. The second-order valence-electron chi connectivity index (χ2n) is 9.29. The highest BCUT2D eigenvalue weighted by atomic mass is 35.5. The van der Waals surface area contributed by atoms with Crippen molar-refractivity contribution in [1.82, 2.24) is 0 Å². The fourth-order valence-electron chi connectivity index (χ4n) is 7.87. The molecule has 1 aromatic carbocycles. The number of fused-ring (bicyclic) bond motifs is 2. The molecule has 5 nitrogen and oxygen atoms in total. The molecule has 4 fully saturated rings. The lowest BCUT2D eigenvalue weighted by molar-refractivity contribution is -0.954. The highest BCUT2D eigenvalue weighted by Gasteiger charge is 2.75. The highest BCUT2D eigenvalue weighted by Crippen LogP contribution is 2.66. The van der Waals surface area contributed by atoms with Crippen molar-refractivity contribution in [3.63, 3.8) is 0 Å². The van der Waals surface area contributed by atoms with Crippen LogP contribution in [0.15, 0.2) is 35.9 Å². The number of carbonyl (C=O) groups excluding carboxylic acids is 1. The van der Waals surface area contributed by atoms with Gasteiger partial charge in [0, 0.05) is 24.4 Å². The number of amides is 1. The fraction of sp³-hybridized carbons (Fsp3) is 0.571. The summed E-state index contributed by atoms with van der Waals surface area (Å²) in [7, 11) is 0. The van der Waals surface area contributed by atoms with Crippen molar-refractivity contribution in [1.29, 1.82) is 0 Å². The van der Waals surface area contributed by atoms with Gasteiger partial charge in [0.05, 0.1) is 37.1 Å². The number of nitrogens with zero attached hydrogens (tertiary/aromatic N) is 2. The van der Waals surface area contributed by atoms with E-state index >= 15 is 0 Å². The number of nitrogens with two attached hydrogens (primary N) is 1. The molecule has 1 aromatic rings. The summed E-state index contributed by atoms with van der Waals surface area (Å²) in [5.41, 5.74) is 4.04.